The van der Waals surface area contributed by atoms with Gasteiger partial charge in [0.1, 0.15) is 11.6 Å². The number of unbranched alkanes of at least 4 members (excludes halogenated alkanes) is 1. The third-order valence-corrected chi connectivity index (χ3v) is 5.86. The number of hydrogen-bond donors (Lipinski definition) is 2. The minimum absolute atomic E-state index is 0.0369. The van der Waals surface area contributed by atoms with Gasteiger partial charge in [0.25, 0.3) is 0 Å². The molecule has 2 aromatic rings. The van der Waals surface area contributed by atoms with Crippen LogP contribution in [0.2, 0.25) is 0 Å². The summed E-state index contributed by atoms with van der Waals surface area (Å²) in [5.41, 5.74) is 1.66. The van der Waals surface area contributed by atoms with Crippen molar-refractivity contribution in [2.45, 2.75) is 38.0 Å². The molecule has 6 nitrogen and oxygen atoms in total. The molecular weight excluding hydrogens is 395 g/mol. The maximum absolute atomic E-state index is 12.8. The lowest BCUT2D eigenvalue weighted by atomic mass is 10.2. The van der Waals surface area contributed by atoms with Crippen molar-refractivity contribution in [3.63, 3.8) is 0 Å². The summed E-state index contributed by atoms with van der Waals surface area (Å²) in [7, 11) is -3.63. The van der Waals surface area contributed by atoms with Gasteiger partial charge in [0, 0.05) is 19.5 Å². The number of aryl methyl sites for hydroxylation is 2. The van der Waals surface area contributed by atoms with E-state index in [0.717, 1.165) is 18.4 Å². The second-order valence-corrected chi connectivity index (χ2v) is 8.51. The van der Waals surface area contributed by atoms with E-state index in [9.17, 15) is 17.6 Å². The molecule has 158 valence electrons. The Labute approximate surface area is 171 Å². The van der Waals surface area contributed by atoms with Gasteiger partial charge >= 0.3 is 0 Å². The van der Waals surface area contributed by atoms with Crippen LogP contribution in [0.5, 0.6) is 5.75 Å². The van der Waals surface area contributed by atoms with E-state index in [2.05, 4.69) is 10.0 Å². The molecule has 29 heavy (non-hydrogen) atoms. The third-order valence-electron chi connectivity index (χ3n) is 4.24. The lowest BCUT2D eigenvalue weighted by Crippen LogP contribution is -2.31. The minimum atomic E-state index is -3.63. The van der Waals surface area contributed by atoms with Crippen LogP contribution in [0.1, 0.15) is 30.4 Å². The number of hydrogen-bond acceptors (Lipinski definition) is 4. The van der Waals surface area contributed by atoms with Gasteiger partial charge in [0.15, 0.2) is 0 Å². The van der Waals surface area contributed by atoms with Crippen LogP contribution in [0.3, 0.4) is 0 Å². The predicted molar refractivity (Wildman–Crippen MR) is 110 cm³/mol. The van der Waals surface area contributed by atoms with Crippen LogP contribution in [0.4, 0.5) is 4.39 Å². The van der Waals surface area contributed by atoms with Crippen molar-refractivity contribution >= 4 is 15.9 Å². The van der Waals surface area contributed by atoms with E-state index in [-0.39, 0.29) is 29.6 Å². The van der Waals surface area contributed by atoms with Crippen LogP contribution in [0, 0.1) is 19.7 Å². The summed E-state index contributed by atoms with van der Waals surface area (Å²) in [4.78, 5) is 12.1. The molecule has 8 heteroatoms. The molecule has 1 amide bonds. The number of carbonyl (C=O) groups excluding carboxylic acids is 1. The second kappa shape index (κ2) is 10.9. The number of amides is 1. The average molecular weight is 423 g/mol. The Morgan fingerprint density at radius 1 is 1.03 bits per heavy atom. The standard InChI is InChI=1S/C21H27FN2O4S/c1-16-5-10-20(17(2)15-16)29(26,27)24-13-11-21(25)23-12-3-4-14-28-19-8-6-18(22)7-9-19/h5-10,15,24H,3-4,11-14H2,1-2H3,(H,23,25). The van der Waals surface area contributed by atoms with E-state index in [0.29, 0.717) is 24.5 Å². The summed E-state index contributed by atoms with van der Waals surface area (Å²) in [5, 5.41) is 2.75. The van der Waals surface area contributed by atoms with E-state index in [1.165, 1.54) is 12.1 Å². The van der Waals surface area contributed by atoms with Crippen LogP contribution < -0.4 is 14.8 Å². The molecule has 2 rings (SSSR count). The van der Waals surface area contributed by atoms with Crippen molar-refractivity contribution in [2.24, 2.45) is 0 Å². The average Bonchev–Trinajstić information content (AvgIpc) is 2.65. The van der Waals surface area contributed by atoms with Crippen LogP contribution in [-0.2, 0) is 14.8 Å². The summed E-state index contributed by atoms with van der Waals surface area (Å²) < 4.78 is 45.4. The van der Waals surface area contributed by atoms with Gasteiger partial charge in [-0.3, -0.25) is 4.79 Å². The molecule has 0 saturated carbocycles. The Kier molecular flexibility index (Phi) is 8.60. The van der Waals surface area contributed by atoms with Crippen molar-refractivity contribution in [1.82, 2.24) is 10.0 Å². The molecule has 0 bridgehead atoms. The fourth-order valence-corrected chi connectivity index (χ4v) is 4.00. The van der Waals surface area contributed by atoms with Crippen LogP contribution in [0.25, 0.3) is 0 Å². The van der Waals surface area contributed by atoms with Crippen LogP contribution >= 0.6 is 0 Å². The van der Waals surface area contributed by atoms with Crippen molar-refractivity contribution in [3.05, 3.63) is 59.4 Å². The van der Waals surface area contributed by atoms with Crippen molar-refractivity contribution in [1.29, 1.82) is 0 Å². The zero-order valence-electron chi connectivity index (χ0n) is 16.7. The fourth-order valence-electron chi connectivity index (χ4n) is 2.74. The Morgan fingerprint density at radius 3 is 2.45 bits per heavy atom. The highest BCUT2D eigenvalue weighted by molar-refractivity contribution is 7.89. The summed E-state index contributed by atoms with van der Waals surface area (Å²) in [6.07, 6.45) is 1.52. The van der Waals surface area contributed by atoms with Crippen molar-refractivity contribution < 1.29 is 22.3 Å². The lowest BCUT2D eigenvalue weighted by molar-refractivity contribution is -0.120. The molecule has 0 unspecified atom stereocenters. The Bertz CT molecular complexity index is 915. The van der Waals surface area contributed by atoms with E-state index in [4.69, 9.17) is 4.74 Å². The lowest BCUT2D eigenvalue weighted by Gasteiger charge is -2.10. The van der Waals surface area contributed by atoms with Crippen molar-refractivity contribution in [3.8, 4) is 5.75 Å². The molecule has 0 aliphatic heterocycles. The van der Waals surface area contributed by atoms with Gasteiger partial charge in [0.05, 0.1) is 11.5 Å². The van der Waals surface area contributed by atoms with Crippen LogP contribution in [-0.4, -0.2) is 34.0 Å². The number of nitrogens with one attached hydrogen (secondary N) is 2. The van der Waals surface area contributed by atoms with E-state index >= 15 is 0 Å². The molecule has 0 aromatic heterocycles. The molecule has 0 fully saturated rings. The van der Waals surface area contributed by atoms with Gasteiger partial charge in [0.2, 0.25) is 15.9 Å². The number of carbonyl (C=O) groups is 1. The Morgan fingerprint density at radius 2 is 1.76 bits per heavy atom. The van der Waals surface area contributed by atoms with E-state index < -0.39 is 10.0 Å². The zero-order chi connectivity index (χ0) is 21.3. The van der Waals surface area contributed by atoms with Crippen molar-refractivity contribution in [2.75, 3.05) is 19.7 Å². The summed E-state index contributed by atoms with van der Waals surface area (Å²) in [6.45, 7) is 4.63. The first kappa shape index (κ1) is 22.8. The van der Waals surface area contributed by atoms with Gasteiger partial charge in [-0.1, -0.05) is 17.7 Å². The first-order valence-electron chi connectivity index (χ1n) is 9.50. The zero-order valence-corrected chi connectivity index (χ0v) is 17.5. The normalized spacial score (nSPS) is 11.3. The van der Waals surface area contributed by atoms with E-state index in [1.54, 1.807) is 37.3 Å². The number of halogens is 1. The topological polar surface area (TPSA) is 84.5 Å². The minimum Gasteiger partial charge on any atom is -0.494 e. The molecular formula is C21H27FN2O4S. The molecule has 0 aliphatic carbocycles. The molecule has 0 saturated heterocycles. The first-order chi connectivity index (χ1) is 13.8. The highest BCUT2D eigenvalue weighted by atomic mass is 32.2. The number of sulfonamides is 1. The molecule has 0 atom stereocenters. The summed E-state index contributed by atoms with van der Waals surface area (Å²) >= 11 is 0. The molecule has 0 heterocycles. The molecule has 0 aliphatic rings. The second-order valence-electron chi connectivity index (χ2n) is 6.78. The first-order valence-corrected chi connectivity index (χ1v) is 11.0. The molecule has 0 radical (unpaired) electrons. The fraction of sp³-hybridized carbons (Fsp3) is 0.381. The van der Waals surface area contributed by atoms with Gasteiger partial charge in [-0.25, -0.2) is 17.5 Å². The Balaban J connectivity index is 1.60. The monoisotopic (exact) mass is 422 g/mol. The number of benzene rings is 2. The Hall–Kier alpha value is -2.45. The maximum Gasteiger partial charge on any atom is 0.240 e. The number of rotatable bonds is 11. The van der Waals surface area contributed by atoms with E-state index in [1.807, 2.05) is 6.92 Å². The van der Waals surface area contributed by atoms with Gasteiger partial charge in [-0.15, -0.1) is 0 Å². The summed E-state index contributed by atoms with van der Waals surface area (Å²) in [6, 6.07) is 10.9. The quantitative estimate of drug-likeness (QED) is 0.545. The van der Waals surface area contributed by atoms with Gasteiger partial charge in [-0.05, 0) is 62.6 Å². The summed E-state index contributed by atoms with van der Waals surface area (Å²) in [5.74, 6) is 0.0793. The van der Waals surface area contributed by atoms with Gasteiger partial charge in [-0.2, -0.15) is 0 Å². The molecule has 2 aromatic carbocycles. The highest BCUT2D eigenvalue weighted by Gasteiger charge is 2.16. The van der Waals surface area contributed by atoms with Crippen LogP contribution in [0.15, 0.2) is 47.4 Å². The maximum atomic E-state index is 12.8. The predicted octanol–water partition coefficient (Wildman–Crippen LogP) is 3.09. The van der Waals surface area contributed by atoms with Gasteiger partial charge < -0.3 is 10.1 Å². The molecule has 0 spiro atoms. The smallest absolute Gasteiger partial charge is 0.240 e. The largest absolute Gasteiger partial charge is 0.494 e. The molecule has 2 N–H and O–H groups in total. The number of ether oxygens (including phenoxy) is 1. The SMILES string of the molecule is Cc1ccc(S(=O)(=O)NCCC(=O)NCCCCOc2ccc(F)cc2)c(C)c1. The third kappa shape index (κ3) is 7.83. The highest BCUT2D eigenvalue weighted by Crippen LogP contribution is 2.16.